The number of rotatable bonds is 4. The van der Waals surface area contributed by atoms with Gasteiger partial charge in [0.05, 0.1) is 4.90 Å². The molecular formula is C15H20N2O2S. The van der Waals surface area contributed by atoms with Crippen LogP contribution in [0.25, 0.3) is 0 Å². The molecule has 1 aromatic rings. The Morgan fingerprint density at radius 2 is 2.20 bits per heavy atom. The van der Waals surface area contributed by atoms with Crippen molar-refractivity contribution < 1.29 is 8.42 Å². The first-order chi connectivity index (χ1) is 9.65. The highest BCUT2D eigenvalue weighted by Gasteiger charge is 2.19. The topological polar surface area (TPSA) is 58.2 Å². The first-order valence-electron chi connectivity index (χ1n) is 7.16. The van der Waals surface area contributed by atoms with Crippen molar-refractivity contribution in [2.24, 2.45) is 5.92 Å². The quantitative estimate of drug-likeness (QED) is 0.837. The third-order valence-electron chi connectivity index (χ3n) is 4.04. The second-order valence-electron chi connectivity index (χ2n) is 5.50. The van der Waals surface area contributed by atoms with E-state index in [1.807, 2.05) is 6.07 Å². The first kappa shape index (κ1) is 13.6. The van der Waals surface area contributed by atoms with Crippen LogP contribution in [-0.2, 0) is 16.4 Å². The van der Waals surface area contributed by atoms with Gasteiger partial charge in [-0.15, -0.1) is 0 Å². The lowest BCUT2D eigenvalue weighted by Crippen LogP contribution is -2.29. The van der Waals surface area contributed by atoms with Crippen molar-refractivity contribution in [2.45, 2.75) is 30.6 Å². The van der Waals surface area contributed by atoms with Gasteiger partial charge in [0.15, 0.2) is 0 Å². The van der Waals surface area contributed by atoms with E-state index < -0.39 is 10.0 Å². The maximum atomic E-state index is 12.3. The normalized spacial score (nSPS) is 21.5. The summed E-state index contributed by atoms with van der Waals surface area (Å²) in [6.45, 7) is 1.41. The van der Waals surface area contributed by atoms with E-state index in [0.29, 0.717) is 17.4 Å². The van der Waals surface area contributed by atoms with Crippen LogP contribution in [0.5, 0.6) is 0 Å². The van der Waals surface area contributed by atoms with Crippen LogP contribution in [0, 0.1) is 5.92 Å². The molecule has 0 saturated heterocycles. The Morgan fingerprint density at radius 1 is 1.30 bits per heavy atom. The summed E-state index contributed by atoms with van der Waals surface area (Å²) in [5.41, 5.74) is 2.15. The van der Waals surface area contributed by atoms with Crippen molar-refractivity contribution in [3.8, 4) is 0 Å². The minimum atomic E-state index is -3.40. The van der Waals surface area contributed by atoms with E-state index in [2.05, 4.69) is 22.2 Å². The van der Waals surface area contributed by atoms with Gasteiger partial charge in [-0.1, -0.05) is 18.2 Å². The molecule has 4 nitrogen and oxygen atoms in total. The number of nitrogens with one attached hydrogen (secondary N) is 2. The summed E-state index contributed by atoms with van der Waals surface area (Å²) >= 11 is 0. The fourth-order valence-electron chi connectivity index (χ4n) is 2.79. The van der Waals surface area contributed by atoms with Gasteiger partial charge in [-0.2, -0.15) is 0 Å². The van der Waals surface area contributed by atoms with Crippen molar-refractivity contribution in [1.29, 1.82) is 0 Å². The molecule has 0 amide bonds. The van der Waals surface area contributed by atoms with Gasteiger partial charge in [0.25, 0.3) is 0 Å². The number of fused-ring (bicyclic) bond motifs is 1. The molecule has 5 heteroatoms. The summed E-state index contributed by atoms with van der Waals surface area (Å²) < 4.78 is 27.4. The lowest BCUT2D eigenvalue weighted by molar-refractivity contribution is 0.468. The molecule has 0 radical (unpaired) electrons. The van der Waals surface area contributed by atoms with Crippen LogP contribution in [-0.4, -0.2) is 21.5 Å². The summed E-state index contributed by atoms with van der Waals surface area (Å²) in [6, 6.07) is 5.35. The molecule has 1 atom stereocenters. The van der Waals surface area contributed by atoms with Gasteiger partial charge >= 0.3 is 0 Å². The van der Waals surface area contributed by atoms with E-state index in [1.54, 1.807) is 12.1 Å². The lowest BCUT2D eigenvalue weighted by atomic mass is 9.95. The van der Waals surface area contributed by atoms with E-state index in [4.69, 9.17) is 0 Å². The molecule has 20 heavy (non-hydrogen) atoms. The van der Waals surface area contributed by atoms with Gasteiger partial charge in [0.1, 0.15) is 0 Å². The Morgan fingerprint density at radius 3 is 3.00 bits per heavy atom. The molecule has 1 aliphatic heterocycles. The Kier molecular flexibility index (Phi) is 3.81. The fraction of sp³-hybridized carbons (Fsp3) is 0.467. The fourth-order valence-corrected chi connectivity index (χ4v) is 3.93. The number of benzene rings is 1. The molecule has 0 fully saturated rings. The molecule has 1 unspecified atom stereocenters. The Bertz CT molecular complexity index is 623. The summed E-state index contributed by atoms with van der Waals surface area (Å²) in [5.74, 6) is 0.419. The van der Waals surface area contributed by atoms with E-state index in [0.717, 1.165) is 37.9 Å². The van der Waals surface area contributed by atoms with E-state index in [9.17, 15) is 8.42 Å². The molecule has 108 valence electrons. The third kappa shape index (κ3) is 2.88. The Hall–Kier alpha value is -1.33. The predicted molar refractivity (Wildman–Crippen MR) is 80.3 cm³/mol. The van der Waals surface area contributed by atoms with Crippen LogP contribution in [0.2, 0.25) is 0 Å². The highest BCUT2D eigenvalue weighted by molar-refractivity contribution is 7.89. The molecule has 0 aromatic heterocycles. The van der Waals surface area contributed by atoms with Crippen LogP contribution in [0.15, 0.2) is 35.2 Å². The zero-order chi connectivity index (χ0) is 14.0. The summed E-state index contributed by atoms with van der Waals surface area (Å²) in [7, 11) is -3.40. The molecule has 0 spiro atoms. The highest BCUT2D eigenvalue weighted by Crippen LogP contribution is 2.25. The smallest absolute Gasteiger partial charge is 0.240 e. The van der Waals surface area contributed by atoms with E-state index in [-0.39, 0.29) is 0 Å². The zero-order valence-corrected chi connectivity index (χ0v) is 12.2. The van der Waals surface area contributed by atoms with Crippen molar-refractivity contribution in [1.82, 2.24) is 4.72 Å². The maximum absolute atomic E-state index is 12.3. The number of hydrogen-bond donors (Lipinski definition) is 2. The van der Waals surface area contributed by atoms with E-state index in [1.165, 1.54) is 5.56 Å². The molecule has 2 aliphatic rings. The minimum absolute atomic E-state index is 0.358. The second-order valence-corrected chi connectivity index (χ2v) is 7.27. The molecule has 3 rings (SSSR count). The Balaban J connectivity index is 1.70. The summed E-state index contributed by atoms with van der Waals surface area (Å²) in [4.78, 5) is 0.358. The number of anilines is 1. The van der Waals surface area contributed by atoms with Crippen molar-refractivity contribution in [2.75, 3.05) is 18.4 Å². The van der Waals surface area contributed by atoms with E-state index >= 15 is 0 Å². The number of sulfonamides is 1. The number of allylic oxidation sites excluding steroid dienone is 2. The average Bonchev–Trinajstić information content (AvgIpc) is 2.94. The highest BCUT2D eigenvalue weighted by atomic mass is 32.2. The molecule has 1 aliphatic carbocycles. The lowest BCUT2D eigenvalue weighted by Gasteiger charge is -2.18. The molecule has 1 aromatic carbocycles. The molecule has 1 heterocycles. The summed E-state index contributed by atoms with van der Waals surface area (Å²) in [6.07, 6.45) is 8.35. The van der Waals surface area contributed by atoms with Crippen molar-refractivity contribution in [3.05, 3.63) is 35.9 Å². The first-order valence-corrected chi connectivity index (χ1v) is 8.65. The van der Waals surface area contributed by atoms with Crippen LogP contribution >= 0.6 is 0 Å². The average molecular weight is 292 g/mol. The summed E-state index contributed by atoms with van der Waals surface area (Å²) in [5, 5.41) is 3.22. The standard InChI is InChI=1S/C15H20N2O2S/c18-20(19,17-11-12-4-2-1-3-5-12)14-7-6-13-8-9-16-15(13)10-14/h1-2,6-7,10,12,16-17H,3-5,8-9,11H2. The van der Waals surface area contributed by atoms with Crippen molar-refractivity contribution in [3.63, 3.8) is 0 Å². The van der Waals surface area contributed by atoms with Crippen LogP contribution in [0.1, 0.15) is 24.8 Å². The predicted octanol–water partition coefficient (Wildman–Crippen LogP) is 2.29. The molecule has 0 bridgehead atoms. The van der Waals surface area contributed by atoms with Crippen LogP contribution < -0.4 is 10.0 Å². The molecular weight excluding hydrogens is 272 g/mol. The molecule has 0 saturated carbocycles. The van der Waals surface area contributed by atoms with Crippen LogP contribution in [0.3, 0.4) is 0 Å². The van der Waals surface area contributed by atoms with Gasteiger partial charge in [0.2, 0.25) is 10.0 Å². The van der Waals surface area contributed by atoms with Gasteiger partial charge in [-0.05, 0) is 49.3 Å². The monoisotopic (exact) mass is 292 g/mol. The zero-order valence-electron chi connectivity index (χ0n) is 11.4. The van der Waals surface area contributed by atoms with Crippen molar-refractivity contribution >= 4 is 15.7 Å². The third-order valence-corrected chi connectivity index (χ3v) is 5.46. The van der Waals surface area contributed by atoms with Gasteiger partial charge in [0, 0.05) is 18.8 Å². The van der Waals surface area contributed by atoms with Gasteiger partial charge in [-0.25, -0.2) is 13.1 Å². The van der Waals surface area contributed by atoms with Crippen LogP contribution in [0.4, 0.5) is 5.69 Å². The van der Waals surface area contributed by atoms with Gasteiger partial charge in [-0.3, -0.25) is 0 Å². The van der Waals surface area contributed by atoms with Gasteiger partial charge < -0.3 is 5.32 Å². The Labute approximate surface area is 120 Å². The second kappa shape index (κ2) is 5.58. The SMILES string of the molecule is O=S(=O)(NCC1CC=CCC1)c1ccc2c(c1)NCC2. The largest absolute Gasteiger partial charge is 0.384 e. The maximum Gasteiger partial charge on any atom is 0.240 e. The molecule has 2 N–H and O–H groups in total. The minimum Gasteiger partial charge on any atom is -0.384 e. The number of hydrogen-bond acceptors (Lipinski definition) is 3.